The molecule has 6 nitrogen and oxygen atoms in total. The fraction of sp³-hybridized carbons (Fsp3) is 0.588. The summed E-state index contributed by atoms with van der Waals surface area (Å²) in [6.45, 7) is 5.42. The molecule has 0 radical (unpaired) electrons. The number of carbonyl (C=O) groups excluding carboxylic acids is 1. The largest absolute Gasteiger partial charge is 0.444 e. The Morgan fingerprint density at radius 2 is 2.12 bits per heavy atom. The number of carbonyl (C=O) groups is 1. The highest BCUT2D eigenvalue weighted by atomic mass is 35.5. The van der Waals surface area contributed by atoms with Crippen molar-refractivity contribution in [1.29, 1.82) is 5.26 Å². The van der Waals surface area contributed by atoms with Crippen molar-refractivity contribution in [3.63, 3.8) is 0 Å². The summed E-state index contributed by atoms with van der Waals surface area (Å²) in [6, 6.07) is 2.74. The fourth-order valence-corrected chi connectivity index (χ4v) is 2.95. The zero-order valence-corrected chi connectivity index (χ0v) is 15.3. The number of amides is 1. The van der Waals surface area contributed by atoms with Gasteiger partial charge in [-0.15, -0.1) is 0 Å². The van der Waals surface area contributed by atoms with Gasteiger partial charge in [-0.3, -0.25) is 0 Å². The first-order chi connectivity index (χ1) is 11.7. The maximum Gasteiger partial charge on any atom is 0.407 e. The number of nitrogens with one attached hydrogen (secondary N) is 2. The lowest BCUT2D eigenvalue weighted by Crippen LogP contribution is -2.44. The smallest absolute Gasteiger partial charge is 0.407 e. The van der Waals surface area contributed by atoms with Gasteiger partial charge in [0.2, 0.25) is 0 Å². The minimum Gasteiger partial charge on any atom is -0.444 e. The lowest BCUT2D eigenvalue weighted by atomic mass is 9.91. The number of halogens is 2. The van der Waals surface area contributed by atoms with E-state index in [0.717, 1.165) is 25.3 Å². The lowest BCUT2D eigenvalue weighted by Gasteiger charge is -2.31. The van der Waals surface area contributed by atoms with E-state index in [1.54, 1.807) is 26.8 Å². The van der Waals surface area contributed by atoms with Crippen LogP contribution in [0.5, 0.6) is 0 Å². The van der Waals surface area contributed by atoms with Gasteiger partial charge in [-0.1, -0.05) is 11.6 Å². The van der Waals surface area contributed by atoms with Crippen LogP contribution in [-0.2, 0) is 4.74 Å². The Kier molecular flexibility index (Phi) is 6.07. The fourth-order valence-electron chi connectivity index (χ4n) is 2.77. The van der Waals surface area contributed by atoms with Crippen molar-refractivity contribution in [3.05, 3.63) is 22.6 Å². The summed E-state index contributed by atoms with van der Waals surface area (Å²) in [4.78, 5) is 15.8. The van der Waals surface area contributed by atoms with Crippen molar-refractivity contribution >= 4 is 23.5 Å². The Bertz CT molecular complexity index is 684. The van der Waals surface area contributed by atoms with Crippen LogP contribution in [0.2, 0.25) is 5.15 Å². The van der Waals surface area contributed by atoms with Crippen molar-refractivity contribution in [3.8, 4) is 6.07 Å². The standard InChI is InChI=1S/C17H22ClFN4O2/c1-17(2,3)25-16(24)22-12-6-4-5-11(8-12)21-15-13(19)7-10(9-20)14(18)23-15/h7,11-12H,4-6,8H2,1-3H3,(H,21,23)(H,22,24)/t11-,12?/m1/s1. The van der Waals surface area contributed by atoms with Gasteiger partial charge in [-0.2, -0.15) is 5.26 Å². The lowest BCUT2D eigenvalue weighted by molar-refractivity contribution is 0.0492. The maximum atomic E-state index is 14.0. The van der Waals surface area contributed by atoms with Gasteiger partial charge in [-0.05, 0) is 52.5 Å². The third-order valence-electron chi connectivity index (χ3n) is 3.79. The van der Waals surface area contributed by atoms with Gasteiger partial charge >= 0.3 is 6.09 Å². The predicted molar refractivity (Wildman–Crippen MR) is 93.0 cm³/mol. The molecule has 0 aromatic carbocycles. The SMILES string of the molecule is CC(C)(C)OC(=O)NC1CCC[C@@H](Nc2nc(Cl)c(C#N)cc2F)C1. The highest BCUT2D eigenvalue weighted by molar-refractivity contribution is 6.30. The molecule has 1 heterocycles. The van der Waals surface area contributed by atoms with Crippen molar-refractivity contribution in [1.82, 2.24) is 10.3 Å². The van der Waals surface area contributed by atoms with E-state index < -0.39 is 17.5 Å². The third-order valence-corrected chi connectivity index (χ3v) is 4.07. The number of pyridine rings is 1. The molecule has 8 heteroatoms. The summed E-state index contributed by atoms with van der Waals surface area (Å²) in [6.07, 6.45) is 2.71. The van der Waals surface area contributed by atoms with E-state index in [4.69, 9.17) is 21.6 Å². The monoisotopic (exact) mass is 368 g/mol. The molecule has 25 heavy (non-hydrogen) atoms. The summed E-state index contributed by atoms with van der Waals surface area (Å²) in [5.41, 5.74) is -0.555. The molecule has 0 bridgehead atoms. The number of nitrogens with zero attached hydrogens (tertiary/aromatic N) is 2. The van der Waals surface area contributed by atoms with E-state index in [2.05, 4.69) is 15.6 Å². The summed E-state index contributed by atoms with van der Waals surface area (Å²) in [7, 11) is 0. The van der Waals surface area contributed by atoms with Crippen LogP contribution >= 0.6 is 11.6 Å². The molecular formula is C17H22ClFN4O2. The molecule has 1 aliphatic carbocycles. The number of hydrogen-bond acceptors (Lipinski definition) is 5. The van der Waals surface area contributed by atoms with Crippen LogP contribution in [0.15, 0.2) is 6.07 Å². The average Bonchev–Trinajstić information content (AvgIpc) is 2.49. The van der Waals surface area contributed by atoms with Crippen molar-refractivity contribution in [2.45, 2.75) is 64.1 Å². The van der Waals surface area contributed by atoms with Crippen LogP contribution < -0.4 is 10.6 Å². The topological polar surface area (TPSA) is 87.0 Å². The van der Waals surface area contributed by atoms with E-state index in [1.807, 2.05) is 0 Å². The third kappa shape index (κ3) is 5.75. The number of ether oxygens (including phenoxy) is 1. The van der Waals surface area contributed by atoms with Crippen LogP contribution in [0.1, 0.15) is 52.0 Å². The molecule has 0 aliphatic heterocycles. The normalized spacial score (nSPS) is 20.5. The Balaban J connectivity index is 1.97. The number of alkyl carbamates (subject to hydrolysis) is 1. The van der Waals surface area contributed by atoms with Gasteiger partial charge in [0, 0.05) is 12.1 Å². The van der Waals surface area contributed by atoms with E-state index in [-0.39, 0.29) is 28.6 Å². The number of rotatable bonds is 3. The quantitative estimate of drug-likeness (QED) is 0.787. The highest BCUT2D eigenvalue weighted by Gasteiger charge is 2.26. The molecule has 0 saturated heterocycles. The molecule has 1 aromatic heterocycles. The van der Waals surface area contributed by atoms with Crippen LogP contribution in [0, 0.1) is 17.1 Å². The second-order valence-corrected chi connectivity index (χ2v) is 7.48. The number of hydrogen-bond donors (Lipinski definition) is 2. The molecule has 1 aromatic rings. The molecule has 2 atom stereocenters. The zero-order valence-electron chi connectivity index (χ0n) is 14.5. The van der Waals surface area contributed by atoms with E-state index in [9.17, 15) is 9.18 Å². The molecular weight excluding hydrogens is 347 g/mol. The first-order valence-electron chi connectivity index (χ1n) is 8.20. The first kappa shape index (κ1) is 19.3. The van der Waals surface area contributed by atoms with Crippen molar-refractivity contribution in [2.75, 3.05) is 5.32 Å². The molecule has 1 amide bonds. The number of anilines is 1. The van der Waals surface area contributed by atoms with Gasteiger partial charge in [-0.25, -0.2) is 14.2 Å². The van der Waals surface area contributed by atoms with Crippen molar-refractivity contribution in [2.24, 2.45) is 0 Å². The zero-order chi connectivity index (χ0) is 18.6. The summed E-state index contributed by atoms with van der Waals surface area (Å²) in [5.74, 6) is -0.602. The van der Waals surface area contributed by atoms with E-state index >= 15 is 0 Å². The molecule has 136 valence electrons. The van der Waals surface area contributed by atoms with Gasteiger partial charge in [0.15, 0.2) is 11.6 Å². The molecule has 1 unspecified atom stereocenters. The maximum absolute atomic E-state index is 14.0. The summed E-state index contributed by atoms with van der Waals surface area (Å²) >= 11 is 5.86. The van der Waals surface area contributed by atoms with Gasteiger partial charge < -0.3 is 15.4 Å². The van der Waals surface area contributed by atoms with Gasteiger partial charge in [0.05, 0.1) is 5.56 Å². The molecule has 2 rings (SSSR count). The minimum atomic E-state index is -0.622. The van der Waals surface area contributed by atoms with Crippen LogP contribution in [0.3, 0.4) is 0 Å². The molecule has 0 spiro atoms. The Morgan fingerprint density at radius 1 is 1.44 bits per heavy atom. The van der Waals surface area contributed by atoms with Crippen molar-refractivity contribution < 1.29 is 13.9 Å². The molecule has 1 saturated carbocycles. The van der Waals surface area contributed by atoms with Crippen LogP contribution in [0.25, 0.3) is 0 Å². The highest BCUT2D eigenvalue weighted by Crippen LogP contribution is 2.25. The average molecular weight is 369 g/mol. The number of nitriles is 1. The van der Waals surface area contributed by atoms with E-state index in [1.165, 1.54) is 0 Å². The Labute approximate surface area is 151 Å². The second kappa shape index (κ2) is 7.87. The second-order valence-electron chi connectivity index (χ2n) is 7.12. The Hall–Kier alpha value is -2.07. The number of aromatic nitrogens is 1. The van der Waals surface area contributed by atoms with Crippen LogP contribution in [0.4, 0.5) is 15.0 Å². The Morgan fingerprint density at radius 3 is 2.76 bits per heavy atom. The van der Waals surface area contributed by atoms with Crippen LogP contribution in [-0.4, -0.2) is 28.8 Å². The van der Waals surface area contributed by atoms with Gasteiger partial charge in [0.1, 0.15) is 16.8 Å². The first-order valence-corrected chi connectivity index (χ1v) is 8.58. The molecule has 2 N–H and O–H groups in total. The minimum absolute atomic E-state index is 0.00201. The molecule has 1 aliphatic rings. The summed E-state index contributed by atoms with van der Waals surface area (Å²) < 4.78 is 19.3. The molecule has 1 fully saturated rings. The van der Waals surface area contributed by atoms with Gasteiger partial charge in [0.25, 0.3) is 0 Å². The predicted octanol–water partition coefficient (Wildman–Crippen LogP) is 3.99. The summed E-state index contributed by atoms with van der Waals surface area (Å²) in [5, 5.41) is 14.7. The van der Waals surface area contributed by atoms with E-state index in [0.29, 0.717) is 6.42 Å².